The van der Waals surface area contributed by atoms with E-state index in [1.165, 1.54) is 6.33 Å². The Balaban J connectivity index is 1.84. The maximum absolute atomic E-state index is 12.5. The van der Waals surface area contributed by atoms with Crippen molar-refractivity contribution < 1.29 is 4.79 Å². The minimum Gasteiger partial charge on any atom is -0.349 e. The van der Waals surface area contributed by atoms with E-state index in [4.69, 9.17) is 0 Å². The largest absolute Gasteiger partial charge is 0.349 e. The number of fused-ring (bicyclic) bond motifs is 1. The van der Waals surface area contributed by atoms with Gasteiger partial charge in [0.05, 0.1) is 11.3 Å². The maximum Gasteiger partial charge on any atom is 0.254 e. The van der Waals surface area contributed by atoms with E-state index in [2.05, 4.69) is 34.2 Å². The summed E-state index contributed by atoms with van der Waals surface area (Å²) in [4.78, 5) is 20.8. The van der Waals surface area contributed by atoms with Crippen molar-refractivity contribution in [3.8, 4) is 0 Å². The third kappa shape index (κ3) is 2.62. The fourth-order valence-electron chi connectivity index (χ4n) is 3.18. The van der Waals surface area contributed by atoms with Crippen LogP contribution >= 0.6 is 0 Å². The molecule has 1 atom stereocenters. The first-order valence-electron chi connectivity index (χ1n) is 7.48. The summed E-state index contributed by atoms with van der Waals surface area (Å²) in [5.74, 6) is 0.477. The standard InChI is InChI=1S/C15H21N5O/c1-4-12-11(8-16-14-17-9-18-20(12)14)13(21)19-10-5-6-15(2,3)7-10/h8-10H,4-7H2,1-3H3,(H,19,21). The zero-order valence-corrected chi connectivity index (χ0v) is 12.8. The Bertz CT molecular complexity index is 676. The van der Waals surface area contributed by atoms with Crippen LogP contribution in [0.25, 0.3) is 5.78 Å². The van der Waals surface area contributed by atoms with Crippen molar-refractivity contribution in [1.82, 2.24) is 24.9 Å². The number of carbonyl (C=O) groups excluding carboxylic acids is 1. The zero-order chi connectivity index (χ0) is 15.0. The first-order chi connectivity index (χ1) is 10.00. The molecule has 3 rings (SSSR count). The molecule has 1 N–H and O–H groups in total. The van der Waals surface area contributed by atoms with Crippen LogP contribution in [0.2, 0.25) is 0 Å². The number of nitrogens with one attached hydrogen (secondary N) is 1. The summed E-state index contributed by atoms with van der Waals surface area (Å²) in [7, 11) is 0. The number of aryl methyl sites for hydroxylation is 1. The van der Waals surface area contributed by atoms with E-state index in [0.717, 1.165) is 25.0 Å². The van der Waals surface area contributed by atoms with E-state index in [-0.39, 0.29) is 11.9 Å². The van der Waals surface area contributed by atoms with Crippen LogP contribution in [0.3, 0.4) is 0 Å². The van der Waals surface area contributed by atoms with Crippen LogP contribution in [0.5, 0.6) is 0 Å². The summed E-state index contributed by atoms with van der Waals surface area (Å²) in [6, 6.07) is 0.253. The van der Waals surface area contributed by atoms with Crippen molar-refractivity contribution in [2.75, 3.05) is 0 Å². The first kappa shape index (κ1) is 14.0. The Kier molecular flexibility index (Phi) is 3.39. The third-order valence-corrected chi connectivity index (χ3v) is 4.29. The van der Waals surface area contributed by atoms with Gasteiger partial charge < -0.3 is 5.32 Å². The van der Waals surface area contributed by atoms with Gasteiger partial charge in [0, 0.05) is 12.2 Å². The fraction of sp³-hybridized carbons (Fsp3) is 0.600. The lowest BCUT2D eigenvalue weighted by Crippen LogP contribution is -2.34. The molecule has 0 bridgehead atoms. The minimum atomic E-state index is -0.0561. The summed E-state index contributed by atoms with van der Waals surface area (Å²) < 4.78 is 1.65. The number of nitrogens with zero attached hydrogens (tertiary/aromatic N) is 4. The van der Waals surface area contributed by atoms with Crippen molar-refractivity contribution in [2.24, 2.45) is 5.41 Å². The first-order valence-corrected chi connectivity index (χ1v) is 7.48. The molecule has 1 aliphatic carbocycles. The molecule has 1 unspecified atom stereocenters. The number of rotatable bonds is 3. The summed E-state index contributed by atoms with van der Waals surface area (Å²) >= 11 is 0. The average Bonchev–Trinajstić information content (AvgIpc) is 3.03. The Morgan fingerprint density at radius 1 is 1.48 bits per heavy atom. The Hall–Kier alpha value is -1.98. The van der Waals surface area contributed by atoms with Crippen LogP contribution in [-0.4, -0.2) is 31.5 Å². The summed E-state index contributed by atoms with van der Waals surface area (Å²) in [6.45, 7) is 6.51. The Morgan fingerprint density at radius 3 is 2.95 bits per heavy atom. The highest BCUT2D eigenvalue weighted by Gasteiger charge is 2.32. The van der Waals surface area contributed by atoms with E-state index in [1.807, 2.05) is 6.92 Å². The molecule has 2 heterocycles. The molecule has 6 nitrogen and oxygen atoms in total. The van der Waals surface area contributed by atoms with Gasteiger partial charge in [-0.2, -0.15) is 10.1 Å². The van der Waals surface area contributed by atoms with Gasteiger partial charge in [-0.05, 0) is 31.1 Å². The summed E-state index contributed by atoms with van der Waals surface area (Å²) in [5.41, 5.74) is 1.77. The normalized spacial score (nSPS) is 20.8. The number of carbonyl (C=O) groups is 1. The molecule has 1 aliphatic rings. The lowest BCUT2D eigenvalue weighted by Gasteiger charge is -2.18. The van der Waals surface area contributed by atoms with Crippen LogP contribution in [0.4, 0.5) is 0 Å². The highest BCUT2D eigenvalue weighted by molar-refractivity contribution is 5.95. The topological polar surface area (TPSA) is 72.2 Å². The number of hydrogen-bond donors (Lipinski definition) is 1. The maximum atomic E-state index is 12.5. The second-order valence-electron chi connectivity index (χ2n) is 6.52. The van der Waals surface area contributed by atoms with Gasteiger partial charge in [-0.1, -0.05) is 20.8 Å². The van der Waals surface area contributed by atoms with E-state index >= 15 is 0 Å². The number of hydrogen-bond acceptors (Lipinski definition) is 4. The molecule has 0 aromatic carbocycles. The molecule has 0 radical (unpaired) electrons. The highest BCUT2D eigenvalue weighted by Crippen LogP contribution is 2.37. The molecule has 1 amide bonds. The van der Waals surface area contributed by atoms with Gasteiger partial charge in [0.15, 0.2) is 0 Å². The highest BCUT2D eigenvalue weighted by atomic mass is 16.1. The van der Waals surface area contributed by atoms with Gasteiger partial charge in [0.25, 0.3) is 11.7 Å². The smallest absolute Gasteiger partial charge is 0.254 e. The van der Waals surface area contributed by atoms with Gasteiger partial charge >= 0.3 is 0 Å². The molecule has 0 saturated heterocycles. The lowest BCUT2D eigenvalue weighted by atomic mass is 9.92. The quantitative estimate of drug-likeness (QED) is 0.937. The van der Waals surface area contributed by atoms with Crippen LogP contribution in [0.1, 0.15) is 56.1 Å². The van der Waals surface area contributed by atoms with Crippen LogP contribution < -0.4 is 5.32 Å². The van der Waals surface area contributed by atoms with Crippen LogP contribution in [-0.2, 0) is 6.42 Å². The second kappa shape index (κ2) is 5.09. The Morgan fingerprint density at radius 2 is 2.29 bits per heavy atom. The van der Waals surface area contributed by atoms with E-state index in [9.17, 15) is 4.79 Å². The van der Waals surface area contributed by atoms with E-state index in [1.54, 1.807) is 10.7 Å². The van der Waals surface area contributed by atoms with Gasteiger partial charge in [-0.3, -0.25) is 4.79 Å². The Labute approximate surface area is 124 Å². The van der Waals surface area contributed by atoms with Gasteiger partial charge in [-0.15, -0.1) is 0 Å². The molecule has 6 heteroatoms. The van der Waals surface area contributed by atoms with Crippen LogP contribution in [0, 0.1) is 5.41 Å². The lowest BCUT2D eigenvalue weighted by molar-refractivity contribution is 0.0934. The summed E-state index contributed by atoms with van der Waals surface area (Å²) in [5, 5.41) is 7.29. The second-order valence-corrected chi connectivity index (χ2v) is 6.52. The number of aromatic nitrogens is 4. The van der Waals surface area contributed by atoms with E-state index in [0.29, 0.717) is 23.2 Å². The van der Waals surface area contributed by atoms with Crippen LogP contribution in [0.15, 0.2) is 12.5 Å². The van der Waals surface area contributed by atoms with Crippen molar-refractivity contribution in [2.45, 2.75) is 52.5 Å². The minimum absolute atomic E-state index is 0.0561. The van der Waals surface area contributed by atoms with Crippen molar-refractivity contribution in [3.63, 3.8) is 0 Å². The van der Waals surface area contributed by atoms with Gasteiger partial charge in [0.1, 0.15) is 6.33 Å². The predicted molar refractivity (Wildman–Crippen MR) is 79.0 cm³/mol. The van der Waals surface area contributed by atoms with Gasteiger partial charge in [0.2, 0.25) is 0 Å². The molecule has 1 saturated carbocycles. The molecule has 2 aromatic heterocycles. The fourth-order valence-corrected chi connectivity index (χ4v) is 3.18. The van der Waals surface area contributed by atoms with Crippen molar-refractivity contribution >= 4 is 11.7 Å². The molecule has 1 fully saturated rings. The molecular weight excluding hydrogens is 266 g/mol. The summed E-state index contributed by atoms with van der Waals surface area (Å²) in [6.07, 6.45) is 7.00. The monoisotopic (exact) mass is 287 g/mol. The third-order valence-electron chi connectivity index (χ3n) is 4.29. The molecule has 2 aromatic rings. The zero-order valence-electron chi connectivity index (χ0n) is 12.8. The SMILES string of the molecule is CCc1c(C(=O)NC2CCC(C)(C)C2)cnc2ncnn12. The van der Waals surface area contributed by atoms with E-state index < -0.39 is 0 Å². The van der Waals surface area contributed by atoms with Crippen molar-refractivity contribution in [1.29, 1.82) is 0 Å². The molecule has 0 aliphatic heterocycles. The number of amides is 1. The van der Waals surface area contributed by atoms with Crippen molar-refractivity contribution in [3.05, 3.63) is 23.8 Å². The predicted octanol–water partition coefficient (Wildman–Crippen LogP) is 2.00. The molecular formula is C15H21N5O. The molecule has 112 valence electrons. The average molecular weight is 287 g/mol. The molecule has 21 heavy (non-hydrogen) atoms. The van der Waals surface area contributed by atoms with Gasteiger partial charge in [-0.25, -0.2) is 9.50 Å². The molecule has 0 spiro atoms.